The molecular formula is C28H47N3O9. The Hall–Kier alpha value is -2.98. The van der Waals surface area contributed by atoms with E-state index in [1.807, 2.05) is 0 Å². The van der Waals surface area contributed by atoms with Crippen LogP contribution in [0.15, 0.2) is 12.2 Å². The lowest BCUT2D eigenvalue weighted by Gasteiger charge is -2.13. The van der Waals surface area contributed by atoms with Gasteiger partial charge in [-0.05, 0) is 31.1 Å². The van der Waals surface area contributed by atoms with E-state index >= 15 is 0 Å². The summed E-state index contributed by atoms with van der Waals surface area (Å²) in [6, 6.07) is 0. The van der Waals surface area contributed by atoms with Gasteiger partial charge in [-0.3, -0.25) is 19.3 Å². The number of fused-ring (bicyclic) bond motifs is 1. The minimum Gasteiger partial charge on any atom is -0.453 e. The fraction of sp³-hybridized carbons (Fsp3) is 0.714. The molecule has 2 N–H and O–H groups in total. The lowest BCUT2D eigenvalue weighted by Crippen LogP contribution is -2.35. The Bertz CT molecular complexity index is 862. The average Bonchev–Trinajstić information content (AvgIpc) is 3.59. The van der Waals surface area contributed by atoms with E-state index in [0.717, 1.165) is 16.7 Å². The monoisotopic (exact) mass is 569 g/mol. The third-order valence-corrected chi connectivity index (χ3v) is 6.32. The molecule has 3 aliphatic rings. The summed E-state index contributed by atoms with van der Waals surface area (Å²) in [4.78, 5) is 46.2. The topological polar surface area (TPSA) is 142 Å². The maximum Gasteiger partial charge on any atom is 0.406 e. The minimum absolute atomic E-state index is 0. The smallest absolute Gasteiger partial charge is 0.406 e. The Labute approximate surface area is 239 Å². The first-order valence-corrected chi connectivity index (χ1v) is 13.9. The van der Waals surface area contributed by atoms with Gasteiger partial charge in [-0.15, -0.1) is 11.8 Å². The van der Waals surface area contributed by atoms with Gasteiger partial charge in [-0.1, -0.05) is 0 Å². The maximum atomic E-state index is 11.7. The van der Waals surface area contributed by atoms with Gasteiger partial charge in [0.2, 0.25) is 5.91 Å². The fourth-order valence-corrected chi connectivity index (χ4v) is 3.98. The van der Waals surface area contributed by atoms with Crippen LogP contribution in [-0.2, 0) is 38.1 Å². The van der Waals surface area contributed by atoms with Crippen molar-refractivity contribution in [2.75, 3.05) is 79.6 Å². The van der Waals surface area contributed by atoms with Crippen molar-refractivity contribution in [3.63, 3.8) is 0 Å². The number of rotatable bonds is 18. The number of methoxy groups -OCH3 is 1. The quantitative estimate of drug-likeness (QED) is 0.143. The lowest BCUT2D eigenvalue weighted by atomic mass is 10.1. The van der Waals surface area contributed by atoms with E-state index in [9.17, 15) is 19.2 Å². The van der Waals surface area contributed by atoms with Crippen LogP contribution in [0.2, 0.25) is 0 Å². The summed E-state index contributed by atoms with van der Waals surface area (Å²) in [5.41, 5.74) is 0. The molecule has 12 nitrogen and oxygen atoms in total. The van der Waals surface area contributed by atoms with Crippen LogP contribution in [0.5, 0.6) is 0 Å². The van der Waals surface area contributed by atoms with Gasteiger partial charge in [0, 0.05) is 53.9 Å². The Morgan fingerprint density at radius 3 is 1.80 bits per heavy atom. The molecular weight excluding hydrogens is 522 g/mol. The van der Waals surface area contributed by atoms with Gasteiger partial charge in [0.05, 0.1) is 60.0 Å². The summed E-state index contributed by atoms with van der Waals surface area (Å²) in [6.45, 7) is 3.95. The molecule has 0 spiro atoms. The molecule has 1 saturated carbocycles. The number of alkyl carbamates (subject to hydrolysis) is 1. The van der Waals surface area contributed by atoms with Crippen LogP contribution < -0.4 is 10.6 Å². The van der Waals surface area contributed by atoms with Crippen molar-refractivity contribution >= 4 is 23.8 Å². The van der Waals surface area contributed by atoms with E-state index in [1.54, 1.807) is 0 Å². The van der Waals surface area contributed by atoms with Crippen LogP contribution >= 0.6 is 0 Å². The Kier molecular flexibility index (Phi) is 17.3. The molecule has 0 radical (unpaired) electrons. The number of hydrogen-bond donors (Lipinski definition) is 2. The van der Waals surface area contributed by atoms with Gasteiger partial charge in [0.1, 0.15) is 0 Å². The molecule has 2 atom stereocenters. The molecule has 12 heteroatoms. The molecule has 0 aromatic carbocycles. The number of hydrogen-bond acceptors (Lipinski definition) is 9. The summed E-state index contributed by atoms with van der Waals surface area (Å²) in [5.74, 6) is 7.50. The van der Waals surface area contributed by atoms with Crippen LogP contribution in [0.1, 0.15) is 41.4 Å². The Balaban J connectivity index is 0.00000128. The van der Waals surface area contributed by atoms with Gasteiger partial charge >= 0.3 is 6.09 Å². The van der Waals surface area contributed by atoms with Gasteiger partial charge in [0.15, 0.2) is 0 Å². The van der Waals surface area contributed by atoms with E-state index in [1.165, 1.54) is 51.4 Å². The Morgan fingerprint density at radius 2 is 1.30 bits per heavy atom. The second kappa shape index (κ2) is 20.9. The number of ether oxygens (including phenoxy) is 5. The molecule has 0 bridgehead atoms. The highest BCUT2D eigenvalue weighted by atomic mass is 16.6. The molecule has 2 aliphatic carbocycles. The van der Waals surface area contributed by atoms with Gasteiger partial charge in [-0.25, -0.2) is 4.79 Å². The highest BCUT2D eigenvalue weighted by molar-refractivity contribution is 6.13. The molecule has 1 fully saturated rings. The molecule has 228 valence electrons. The Morgan fingerprint density at radius 1 is 0.825 bits per heavy atom. The zero-order valence-corrected chi connectivity index (χ0v) is 23.5. The van der Waals surface area contributed by atoms with Crippen LogP contribution in [-0.4, -0.2) is 108 Å². The van der Waals surface area contributed by atoms with Crippen molar-refractivity contribution in [1.82, 2.24) is 15.5 Å². The number of nitrogens with zero attached hydrogens (tertiary/aromatic N) is 1. The first kappa shape index (κ1) is 33.2. The average molecular weight is 570 g/mol. The summed E-state index contributed by atoms with van der Waals surface area (Å²) in [5, 5.41) is 5.15. The lowest BCUT2D eigenvalue weighted by molar-refractivity contribution is -0.137. The predicted molar refractivity (Wildman–Crippen MR) is 149 cm³/mol. The third-order valence-electron chi connectivity index (χ3n) is 6.32. The molecule has 0 aromatic heterocycles. The molecule has 0 saturated heterocycles. The standard InChI is InChI=1S/C19H31N3O9.C9H12.2H2/c1-27-19(26)21-6-9-29-11-13-31-15-14-30-12-10-28-8-5-20-16(23)4-7-22-17(24)2-3-18(22)25;1-2-4-6-9-7-8(9)5-3-1;;/h2-3H,4-15H2,1H3,(H,20,23)(H,21,26);8-9H,3-7H2;2*1H/t;8-,9+;;. The molecule has 40 heavy (non-hydrogen) atoms. The highest BCUT2D eigenvalue weighted by Crippen LogP contribution is 2.45. The largest absolute Gasteiger partial charge is 0.453 e. The second-order valence-electron chi connectivity index (χ2n) is 9.32. The summed E-state index contributed by atoms with van der Waals surface area (Å²) in [7, 11) is 1.30. The third kappa shape index (κ3) is 15.6. The molecule has 3 rings (SSSR count). The first-order valence-electron chi connectivity index (χ1n) is 13.9. The van der Waals surface area contributed by atoms with Gasteiger partial charge in [-0.2, -0.15) is 0 Å². The zero-order chi connectivity index (χ0) is 28.8. The number of carbonyl (C=O) groups excluding carboxylic acids is 4. The number of carbonyl (C=O) groups is 4. The fourth-order valence-electron chi connectivity index (χ4n) is 3.98. The summed E-state index contributed by atoms with van der Waals surface area (Å²) < 4.78 is 25.7. The predicted octanol–water partition coefficient (Wildman–Crippen LogP) is 1.53. The van der Waals surface area contributed by atoms with Crippen molar-refractivity contribution in [1.29, 1.82) is 0 Å². The van der Waals surface area contributed by atoms with Crippen molar-refractivity contribution in [3.05, 3.63) is 12.2 Å². The number of nitrogens with one attached hydrogen (secondary N) is 2. The van der Waals surface area contributed by atoms with Crippen molar-refractivity contribution in [3.8, 4) is 11.8 Å². The van der Waals surface area contributed by atoms with Crippen molar-refractivity contribution in [2.45, 2.75) is 38.5 Å². The zero-order valence-electron chi connectivity index (χ0n) is 23.5. The number of amides is 4. The van der Waals surface area contributed by atoms with Gasteiger partial charge < -0.3 is 34.3 Å². The van der Waals surface area contributed by atoms with E-state index in [-0.39, 0.29) is 21.7 Å². The summed E-state index contributed by atoms with van der Waals surface area (Å²) in [6.07, 6.45) is 8.55. The van der Waals surface area contributed by atoms with E-state index < -0.39 is 17.9 Å². The van der Waals surface area contributed by atoms with E-state index in [2.05, 4.69) is 27.2 Å². The van der Waals surface area contributed by atoms with E-state index in [4.69, 9.17) is 18.9 Å². The summed E-state index contributed by atoms with van der Waals surface area (Å²) >= 11 is 0. The van der Waals surface area contributed by atoms with Crippen LogP contribution in [0.4, 0.5) is 4.79 Å². The normalized spacial score (nSPS) is 18.9. The first-order chi connectivity index (χ1) is 19.5. The molecule has 1 heterocycles. The van der Waals surface area contributed by atoms with Crippen molar-refractivity contribution < 1.29 is 45.7 Å². The maximum absolute atomic E-state index is 11.7. The molecule has 0 unspecified atom stereocenters. The SMILES string of the molecule is C1#CCC[C@H]2C[C@H]2CC1.COC(=O)NCCOCCOCCOCCOCCNC(=O)CCN1C(=O)C=CC1=O.[HH].[HH]. The minimum atomic E-state index is -0.492. The van der Waals surface area contributed by atoms with Crippen LogP contribution in [0.25, 0.3) is 0 Å². The second-order valence-corrected chi connectivity index (χ2v) is 9.32. The van der Waals surface area contributed by atoms with Crippen LogP contribution in [0.3, 0.4) is 0 Å². The van der Waals surface area contributed by atoms with Crippen molar-refractivity contribution in [2.24, 2.45) is 11.8 Å². The van der Waals surface area contributed by atoms with Gasteiger partial charge in [0.25, 0.3) is 11.8 Å². The number of imide groups is 1. The highest BCUT2D eigenvalue weighted by Gasteiger charge is 2.35. The molecule has 4 amide bonds. The molecule has 1 aliphatic heterocycles. The van der Waals surface area contributed by atoms with Crippen LogP contribution in [0, 0.1) is 23.7 Å². The van der Waals surface area contributed by atoms with E-state index in [0.29, 0.717) is 65.9 Å². The molecule has 0 aromatic rings.